The number of hydrogen-bond acceptors (Lipinski definition) is 6. The zero-order valence-corrected chi connectivity index (χ0v) is 13.1. The van der Waals surface area contributed by atoms with Gasteiger partial charge in [0, 0.05) is 4.88 Å². The first kappa shape index (κ1) is 15.4. The van der Waals surface area contributed by atoms with Gasteiger partial charge in [-0.05, 0) is 29.6 Å². The van der Waals surface area contributed by atoms with Gasteiger partial charge in [0.2, 0.25) is 0 Å². The Hall–Kier alpha value is -2.54. The zero-order chi connectivity index (χ0) is 16.1. The van der Waals surface area contributed by atoms with Crippen LogP contribution in [0.5, 0.6) is 11.5 Å². The maximum atomic E-state index is 12.0. The number of hydrogen-bond donors (Lipinski definition) is 1. The lowest BCUT2D eigenvalue weighted by Crippen LogP contribution is -2.28. The van der Waals surface area contributed by atoms with Gasteiger partial charge in [0.15, 0.2) is 18.1 Å². The molecule has 23 heavy (non-hydrogen) atoms. The summed E-state index contributed by atoms with van der Waals surface area (Å²) in [5, 5.41) is 4.63. The molecular weight excluding hydrogens is 318 g/mol. The molecule has 0 radical (unpaired) electrons. The van der Waals surface area contributed by atoms with Crippen LogP contribution < -0.4 is 14.8 Å². The molecule has 120 valence electrons. The number of esters is 1. The van der Waals surface area contributed by atoms with Crippen molar-refractivity contribution in [3.63, 3.8) is 0 Å². The fraction of sp³-hybridized carbons (Fsp3) is 0.250. The first-order valence-corrected chi connectivity index (χ1v) is 7.96. The average Bonchev–Trinajstić information content (AvgIpc) is 3.11. The van der Waals surface area contributed by atoms with Gasteiger partial charge in [-0.25, -0.2) is 4.79 Å². The topological polar surface area (TPSA) is 73.9 Å². The summed E-state index contributed by atoms with van der Waals surface area (Å²) in [6, 6.07) is 8.63. The van der Waals surface area contributed by atoms with Gasteiger partial charge in [0.25, 0.3) is 5.91 Å². The molecule has 0 aliphatic carbocycles. The highest BCUT2D eigenvalue weighted by atomic mass is 32.1. The Labute approximate surface area is 137 Å². The molecule has 0 unspecified atom stereocenters. The molecule has 7 heteroatoms. The fourth-order valence-corrected chi connectivity index (χ4v) is 2.68. The van der Waals surface area contributed by atoms with Gasteiger partial charge in [0.1, 0.15) is 13.2 Å². The molecule has 0 fully saturated rings. The summed E-state index contributed by atoms with van der Waals surface area (Å²) in [6.45, 7) is 1.04. The molecule has 0 spiro atoms. The third-order valence-electron chi connectivity index (χ3n) is 3.15. The van der Waals surface area contributed by atoms with Crippen LogP contribution in [0.4, 0.5) is 0 Å². The molecule has 1 aliphatic rings. The van der Waals surface area contributed by atoms with Crippen LogP contribution in [-0.2, 0) is 16.1 Å². The number of ether oxygens (including phenoxy) is 3. The van der Waals surface area contributed by atoms with Gasteiger partial charge in [-0.2, -0.15) is 0 Å². The van der Waals surface area contributed by atoms with Gasteiger partial charge in [0.05, 0.1) is 12.1 Å². The lowest BCUT2D eigenvalue weighted by molar-refractivity contribution is -0.124. The maximum Gasteiger partial charge on any atom is 0.338 e. The summed E-state index contributed by atoms with van der Waals surface area (Å²) in [6.07, 6.45) is 0. The van der Waals surface area contributed by atoms with E-state index in [4.69, 9.17) is 14.2 Å². The normalized spacial score (nSPS) is 12.5. The van der Waals surface area contributed by atoms with Crippen molar-refractivity contribution in [2.24, 2.45) is 0 Å². The molecule has 0 atom stereocenters. The van der Waals surface area contributed by atoms with Gasteiger partial charge in [-0.15, -0.1) is 11.3 Å². The van der Waals surface area contributed by atoms with Crippen LogP contribution in [0.3, 0.4) is 0 Å². The smallest absolute Gasteiger partial charge is 0.338 e. The highest BCUT2D eigenvalue weighted by Crippen LogP contribution is 2.30. The Morgan fingerprint density at radius 3 is 2.78 bits per heavy atom. The van der Waals surface area contributed by atoms with Crippen molar-refractivity contribution in [2.45, 2.75) is 6.54 Å². The van der Waals surface area contributed by atoms with Crippen molar-refractivity contribution in [1.29, 1.82) is 0 Å². The van der Waals surface area contributed by atoms with E-state index in [1.807, 2.05) is 17.5 Å². The van der Waals surface area contributed by atoms with Crippen molar-refractivity contribution in [3.8, 4) is 11.5 Å². The lowest BCUT2D eigenvalue weighted by atomic mass is 10.2. The first-order valence-electron chi connectivity index (χ1n) is 7.08. The number of thiophene rings is 1. The van der Waals surface area contributed by atoms with Crippen molar-refractivity contribution in [2.75, 3.05) is 19.8 Å². The Balaban J connectivity index is 1.50. The number of amides is 1. The van der Waals surface area contributed by atoms with Crippen molar-refractivity contribution < 1.29 is 23.8 Å². The molecule has 1 aliphatic heterocycles. The largest absolute Gasteiger partial charge is 0.486 e. The molecule has 2 aromatic rings. The second kappa shape index (κ2) is 7.15. The van der Waals surface area contributed by atoms with Crippen LogP contribution in [0.15, 0.2) is 35.7 Å². The number of rotatable bonds is 5. The van der Waals surface area contributed by atoms with Gasteiger partial charge in [-0.1, -0.05) is 6.07 Å². The summed E-state index contributed by atoms with van der Waals surface area (Å²) in [7, 11) is 0. The Morgan fingerprint density at radius 2 is 2.00 bits per heavy atom. The minimum absolute atomic E-state index is 0.320. The number of benzene rings is 1. The number of carbonyl (C=O) groups is 2. The molecule has 0 saturated carbocycles. The Bertz CT molecular complexity index is 699. The molecule has 1 aromatic heterocycles. The van der Waals surface area contributed by atoms with Crippen LogP contribution in [0, 0.1) is 0 Å². The van der Waals surface area contributed by atoms with E-state index in [1.54, 1.807) is 29.5 Å². The van der Waals surface area contributed by atoms with Gasteiger partial charge >= 0.3 is 5.97 Å². The predicted molar refractivity (Wildman–Crippen MR) is 83.9 cm³/mol. The Morgan fingerprint density at radius 1 is 1.17 bits per heavy atom. The summed E-state index contributed by atoms with van der Waals surface area (Å²) < 4.78 is 15.8. The molecule has 6 nitrogen and oxygen atoms in total. The third-order valence-corrected chi connectivity index (χ3v) is 4.03. The molecule has 0 bridgehead atoms. The van der Waals surface area contributed by atoms with E-state index in [0.29, 0.717) is 36.8 Å². The van der Waals surface area contributed by atoms with E-state index in [1.165, 1.54) is 0 Å². The monoisotopic (exact) mass is 333 g/mol. The number of fused-ring (bicyclic) bond motifs is 1. The third kappa shape index (κ3) is 4.01. The van der Waals surface area contributed by atoms with E-state index >= 15 is 0 Å². The summed E-state index contributed by atoms with van der Waals surface area (Å²) in [4.78, 5) is 24.7. The minimum atomic E-state index is -0.576. The van der Waals surface area contributed by atoms with Gasteiger partial charge in [-0.3, -0.25) is 4.79 Å². The van der Waals surface area contributed by atoms with Crippen molar-refractivity contribution in [3.05, 3.63) is 46.2 Å². The van der Waals surface area contributed by atoms with E-state index in [-0.39, 0.29) is 12.5 Å². The SMILES string of the molecule is O=C(COC(=O)c1ccc2c(c1)OCCO2)NCc1cccs1. The standard InChI is InChI=1S/C16H15NO5S/c18-15(17-9-12-2-1-7-23-12)10-22-16(19)11-3-4-13-14(8-11)21-6-5-20-13/h1-4,7-8H,5-6,9-10H2,(H,17,18). The fourth-order valence-electron chi connectivity index (χ4n) is 2.03. The molecule has 2 heterocycles. The quantitative estimate of drug-likeness (QED) is 0.847. The molecule has 1 aromatic carbocycles. The summed E-state index contributed by atoms with van der Waals surface area (Å²) in [5.74, 6) is 0.187. The summed E-state index contributed by atoms with van der Waals surface area (Å²) in [5.41, 5.74) is 0.320. The molecule has 3 rings (SSSR count). The highest BCUT2D eigenvalue weighted by molar-refractivity contribution is 7.09. The lowest BCUT2D eigenvalue weighted by Gasteiger charge is -2.18. The van der Waals surface area contributed by atoms with Crippen molar-refractivity contribution >= 4 is 23.2 Å². The first-order chi connectivity index (χ1) is 11.2. The molecule has 1 amide bonds. The Kier molecular flexibility index (Phi) is 4.77. The van der Waals surface area contributed by atoms with Crippen molar-refractivity contribution in [1.82, 2.24) is 5.32 Å². The maximum absolute atomic E-state index is 12.0. The predicted octanol–water partition coefficient (Wildman–Crippen LogP) is 1.99. The minimum Gasteiger partial charge on any atom is -0.486 e. The van der Waals surface area contributed by atoms with Gasteiger partial charge < -0.3 is 19.5 Å². The summed E-state index contributed by atoms with van der Waals surface area (Å²) >= 11 is 1.55. The van der Waals surface area contributed by atoms with Crippen LogP contribution >= 0.6 is 11.3 Å². The number of carbonyl (C=O) groups excluding carboxylic acids is 2. The number of nitrogens with one attached hydrogen (secondary N) is 1. The van der Waals surface area contributed by atoms with Crippen LogP contribution in [0.1, 0.15) is 15.2 Å². The van der Waals surface area contributed by atoms with E-state index < -0.39 is 5.97 Å². The second-order valence-electron chi connectivity index (χ2n) is 4.79. The molecule has 0 saturated heterocycles. The van der Waals surface area contributed by atoms with E-state index in [0.717, 1.165) is 4.88 Å². The van der Waals surface area contributed by atoms with E-state index in [9.17, 15) is 9.59 Å². The molecule has 1 N–H and O–H groups in total. The zero-order valence-electron chi connectivity index (χ0n) is 12.2. The second-order valence-corrected chi connectivity index (χ2v) is 5.82. The highest BCUT2D eigenvalue weighted by Gasteiger charge is 2.16. The van der Waals surface area contributed by atoms with Crippen LogP contribution in [0.25, 0.3) is 0 Å². The van der Waals surface area contributed by atoms with E-state index in [2.05, 4.69) is 5.32 Å². The van der Waals surface area contributed by atoms with Crippen LogP contribution in [-0.4, -0.2) is 31.7 Å². The average molecular weight is 333 g/mol. The van der Waals surface area contributed by atoms with Crippen LogP contribution in [0.2, 0.25) is 0 Å². The molecular formula is C16H15NO5S.